The van der Waals surface area contributed by atoms with Gasteiger partial charge < -0.3 is 28.5 Å². The molecule has 3 aromatic rings. The normalized spacial score (nSPS) is 16.7. The van der Waals surface area contributed by atoms with E-state index in [4.69, 9.17) is 23.4 Å². The quantitative estimate of drug-likeness (QED) is 0.424. The third kappa shape index (κ3) is 3.77. The summed E-state index contributed by atoms with van der Waals surface area (Å²) in [6.07, 6.45) is 5.92. The number of aromatic hydroxyl groups is 1. The second-order valence-corrected chi connectivity index (χ2v) is 8.87. The Morgan fingerprint density at radius 1 is 1.09 bits per heavy atom. The van der Waals surface area contributed by atoms with Crippen LogP contribution in [0.3, 0.4) is 0 Å². The fourth-order valence-corrected chi connectivity index (χ4v) is 3.79. The van der Waals surface area contributed by atoms with E-state index < -0.39 is 5.60 Å². The average molecular weight is 438 g/mol. The molecule has 0 amide bonds. The van der Waals surface area contributed by atoms with Gasteiger partial charge in [0.05, 0.1) is 24.2 Å². The lowest BCUT2D eigenvalue weighted by molar-refractivity contribution is 0.143. The number of hydrogen-bond acceptors (Lipinski definition) is 7. The van der Waals surface area contributed by atoms with Crippen molar-refractivity contribution in [1.29, 1.82) is 0 Å². The van der Waals surface area contributed by atoms with Crippen LogP contribution in [0.5, 0.6) is 23.0 Å². The van der Waals surface area contributed by atoms with Gasteiger partial charge >= 0.3 is 0 Å². The summed E-state index contributed by atoms with van der Waals surface area (Å²) in [5.74, 6) is 1.83. The van der Waals surface area contributed by atoms with E-state index in [0.29, 0.717) is 59.5 Å². The van der Waals surface area contributed by atoms with Gasteiger partial charge in [0.15, 0.2) is 11.5 Å². The highest BCUT2D eigenvalue weighted by Gasteiger charge is 2.27. The Morgan fingerprint density at radius 2 is 1.88 bits per heavy atom. The molecule has 1 aromatic heterocycles. The number of fused-ring (bicyclic) bond motifs is 3. The van der Waals surface area contributed by atoms with Crippen molar-refractivity contribution in [2.75, 3.05) is 26.9 Å². The number of ether oxygens (including phenoxy) is 4. The lowest BCUT2D eigenvalue weighted by atomic mass is 9.99. The molecule has 1 aliphatic heterocycles. The summed E-state index contributed by atoms with van der Waals surface area (Å²) >= 11 is 0. The molecular formula is C25H26O7. The predicted molar refractivity (Wildman–Crippen MR) is 121 cm³/mol. The molecule has 0 unspecified atom stereocenters. The second-order valence-electron chi connectivity index (χ2n) is 8.87. The van der Waals surface area contributed by atoms with Gasteiger partial charge in [0, 0.05) is 19.2 Å². The molecule has 1 aliphatic carbocycles. The minimum absolute atomic E-state index is 0.110. The van der Waals surface area contributed by atoms with Crippen LogP contribution in [0.1, 0.15) is 32.3 Å². The Bertz CT molecular complexity index is 1280. The van der Waals surface area contributed by atoms with Gasteiger partial charge in [-0.1, -0.05) is 0 Å². The largest absolute Gasteiger partial charge is 0.506 e. The molecule has 2 aliphatic rings. The lowest BCUT2D eigenvalue weighted by Crippen LogP contribution is -2.27. The van der Waals surface area contributed by atoms with Gasteiger partial charge in [0.2, 0.25) is 5.43 Å². The molecule has 5 rings (SSSR count). The van der Waals surface area contributed by atoms with Crippen molar-refractivity contribution in [2.45, 2.75) is 32.3 Å². The first-order valence-corrected chi connectivity index (χ1v) is 10.8. The van der Waals surface area contributed by atoms with E-state index in [2.05, 4.69) is 0 Å². The molecule has 2 aromatic carbocycles. The monoisotopic (exact) mass is 438 g/mol. The van der Waals surface area contributed by atoms with Crippen molar-refractivity contribution in [2.24, 2.45) is 5.92 Å². The van der Waals surface area contributed by atoms with Crippen LogP contribution in [0, 0.1) is 5.92 Å². The molecule has 168 valence electrons. The summed E-state index contributed by atoms with van der Waals surface area (Å²) in [7, 11) is 1.60. The maximum Gasteiger partial charge on any atom is 0.204 e. The highest BCUT2D eigenvalue weighted by molar-refractivity contribution is 5.97. The zero-order valence-electron chi connectivity index (χ0n) is 18.4. The Balaban J connectivity index is 1.66. The number of phenols is 1. The molecule has 2 heterocycles. The number of methoxy groups -OCH3 is 1. The second kappa shape index (κ2) is 7.74. The predicted octanol–water partition coefficient (Wildman–Crippen LogP) is 4.65. The van der Waals surface area contributed by atoms with E-state index in [1.165, 1.54) is 0 Å². The standard InChI is InChI=1S/C25H26O7/c1-25(2)7-6-15-18(32-25)12-21-22(23(15)26)24(27)16-10-19(29-9-8-28-3)20(11-17(16)31-21)30-13-14-4-5-14/h6-7,10-12,14,26H,4-5,8-9,13H2,1-3H3. The van der Waals surface area contributed by atoms with Crippen LogP contribution in [0.2, 0.25) is 0 Å². The fraction of sp³-hybridized carbons (Fsp3) is 0.400. The first kappa shape index (κ1) is 20.7. The van der Waals surface area contributed by atoms with Crippen LogP contribution in [0.15, 0.2) is 33.5 Å². The number of phenolic OH excluding ortho intramolecular Hbond substituents is 1. The van der Waals surface area contributed by atoms with Crippen molar-refractivity contribution < 1.29 is 28.5 Å². The minimum Gasteiger partial charge on any atom is -0.506 e. The molecule has 0 radical (unpaired) electrons. The average Bonchev–Trinajstić information content (AvgIpc) is 3.56. The zero-order chi connectivity index (χ0) is 22.5. The Morgan fingerprint density at radius 3 is 2.62 bits per heavy atom. The number of hydrogen-bond donors (Lipinski definition) is 1. The SMILES string of the molecule is COCCOc1cc2c(=O)c3c(O)c4c(cc3oc2cc1OCC1CC1)OC(C)(C)C=C4. The maximum atomic E-state index is 13.4. The molecule has 1 N–H and O–H groups in total. The van der Waals surface area contributed by atoms with Gasteiger partial charge in [0.25, 0.3) is 0 Å². The molecule has 1 fully saturated rings. The van der Waals surface area contributed by atoms with Crippen LogP contribution in [-0.2, 0) is 4.74 Å². The molecule has 0 atom stereocenters. The van der Waals surface area contributed by atoms with Crippen LogP contribution >= 0.6 is 0 Å². The maximum absolute atomic E-state index is 13.4. The van der Waals surface area contributed by atoms with Crippen molar-refractivity contribution in [1.82, 2.24) is 0 Å². The lowest BCUT2D eigenvalue weighted by Gasteiger charge is -2.28. The molecule has 7 heteroatoms. The van der Waals surface area contributed by atoms with E-state index >= 15 is 0 Å². The van der Waals surface area contributed by atoms with Gasteiger partial charge in [-0.2, -0.15) is 0 Å². The van der Waals surface area contributed by atoms with Gasteiger partial charge in [-0.15, -0.1) is 0 Å². The van der Waals surface area contributed by atoms with Crippen molar-refractivity contribution in [3.05, 3.63) is 40.1 Å². The summed E-state index contributed by atoms with van der Waals surface area (Å²) in [6.45, 7) is 5.14. The molecule has 0 saturated heterocycles. The van der Waals surface area contributed by atoms with Crippen LogP contribution in [0.4, 0.5) is 0 Å². The summed E-state index contributed by atoms with van der Waals surface area (Å²) < 4.78 is 28.9. The van der Waals surface area contributed by atoms with Gasteiger partial charge in [-0.25, -0.2) is 0 Å². The van der Waals surface area contributed by atoms with E-state index in [-0.39, 0.29) is 22.1 Å². The zero-order valence-corrected chi connectivity index (χ0v) is 18.4. The molecular weight excluding hydrogens is 412 g/mol. The van der Waals surface area contributed by atoms with Crippen LogP contribution in [-0.4, -0.2) is 37.6 Å². The number of rotatable bonds is 7. The first-order valence-electron chi connectivity index (χ1n) is 10.8. The van der Waals surface area contributed by atoms with Crippen LogP contribution < -0.4 is 19.6 Å². The number of benzene rings is 2. The van der Waals surface area contributed by atoms with Crippen molar-refractivity contribution in [3.63, 3.8) is 0 Å². The third-order valence-corrected chi connectivity index (χ3v) is 5.74. The minimum atomic E-state index is -0.525. The topological polar surface area (TPSA) is 87.4 Å². The Hall–Kier alpha value is -3.19. The van der Waals surface area contributed by atoms with E-state index in [1.54, 1.807) is 31.4 Å². The molecule has 0 spiro atoms. The molecule has 32 heavy (non-hydrogen) atoms. The summed E-state index contributed by atoms with van der Waals surface area (Å²) in [5.41, 5.74) is 0.209. The summed E-state index contributed by atoms with van der Waals surface area (Å²) in [6, 6.07) is 4.96. The third-order valence-electron chi connectivity index (χ3n) is 5.74. The highest BCUT2D eigenvalue weighted by atomic mass is 16.5. The van der Waals surface area contributed by atoms with Gasteiger partial charge in [-0.3, -0.25) is 4.79 Å². The van der Waals surface area contributed by atoms with E-state index in [9.17, 15) is 9.90 Å². The smallest absolute Gasteiger partial charge is 0.204 e. The highest BCUT2D eigenvalue weighted by Crippen LogP contribution is 2.42. The fourth-order valence-electron chi connectivity index (χ4n) is 3.79. The van der Waals surface area contributed by atoms with Crippen LogP contribution in [0.25, 0.3) is 28.0 Å². The van der Waals surface area contributed by atoms with Gasteiger partial charge in [-0.05, 0) is 50.8 Å². The molecule has 1 saturated carbocycles. The summed E-state index contributed by atoms with van der Waals surface area (Å²) in [4.78, 5) is 13.4. The Kier molecular flexibility index (Phi) is 5.01. The molecule has 0 bridgehead atoms. The Labute approximate surface area is 185 Å². The van der Waals surface area contributed by atoms with Gasteiger partial charge in [0.1, 0.15) is 40.3 Å². The van der Waals surface area contributed by atoms with E-state index in [0.717, 1.165) is 12.8 Å². The first-order chi connectivity index (χ1) is 15.4. The molecule has 7 nitrogen and oxygen atoms in total. The van der Waals surface area contributed by atoms with Crippen molar-refractivity contribution >= 4 is 28.0 Å². The summed E-state index contributed by atoms with van der Waals surface area (Å²) in [5, 5.41) is 11.3. The van der Waals surface area contributed by atoms with E-state index in [1.807, 2.05) is 19.9 Å². The van der Waals surface area contributed by atoms with Crippen molar-refractivity contribution in [3.8, 4) is 23.0 Å².